The van der Waals surface area contributed by atoms with Crippen LogP contribution in [-0.4, -0.2) is 12.2 Å². The number of hydrogen-bond acceptors (Lipinski definition) is 2. The zero-order chi connectivity index (χ0) is 8.56. The van der Waals surface area contributed by atoms with E-state index in [1.54, 1.807) is 0 Å². The maximum absolute atomic E-state index is 9.19. The maximum Gasteiger partial charge on any atom is 0.0948 e. The van der Waals surface area contributed by atoms with Gasteiger partial charge < -0.3 is 4.74 Å². The first-order chi connectivity index (χ1) is 5.64. The summed E-state index contributed by atoms with van der Waals surface area (Å²) < 4.78 is 5.74. The maximum atomic E-state index is 9.19. The average molecular weight is 163 g/mol. The van der Waals surface area contributed by atoms with Crippen LogP contribution in [0.3, 0.4) is 0 Å². The van der Waals surface area contributed by atoms with E-state index >= 15 is 0 Å². The van der Waals surface area contributed by atoms with Crippen molar-refractivity contribution in [2.75, 3.05) is 0 Å². The predicted octanol–water partition coefficient (Wildman–Crippen LogP) is 1.71. The van der Waals surface area contributed by atoms with Crippen LogP contribution in [0.4, 0.5) is 0 Å². The highest BCUT2D eigenvalue weighted by molar-refractivity contribution is 5.36. The third kappa shape index (κ3) is 0.412. The molecule has 1 saturated carbocycles. The number of fused-ring (bicyclic) bond motifs is 5. The van der Waals surface area contributed by atoms with Crippen molar-refractivity contribution in [3.8, 4) is 6.07 Å². The Morgan fingerprint density at radius 1 is 1.42 bits per heavy atom. The SMILES string of the molecule is CC1(C)C2C3CCC(O3)C21C#N. The van der Waals surface area contributed by atoms with E-state index in [4.69, 9.17) is 4.74 Å². The summed E-state index contributed by atoms with van der Waals surface area (Å²) in [6.45, 7) is 4.43. The Kier molecular flexibility index (Phi) is 0.899. The Morgan fingerprint density at radius 3 is 2.67 bits per heavy atom. The van der Waals surface area contributed by atoms with Crippen LogP contribution in [0.1, 0.15) is 26.7 Å². The Morgan fingerprint density at radius 2 is 2.17 bits per heavy atom. The van der Waals surface area contributed by atoms with Gasteiger partial charge in [0.05, 0.1) is 23.7 Å². The summed E-state index contributed by atoms with van der Waals surface area (Å²) in [4.78, 5) is 0. The fraction of sp³-hybridized carbons (Fsp3) is 0.900. The molecule has 12 heavy (non-hydrogen) atoms. The Bertz CT molecular complexity index is 291. The lowest BCUT2D eigenvalue weighted by Gasteiger charge is -2.18. The van der Waals surface area contributed by atoms with Crippen LogP contribution >= 0.6 is 0 Å². The summed E-state index contributed by atoms with van der Waals surface area (Å²) in [6, 6.07) is 2.51. The molecule has 2 bridgehead atoms. The van der Waals surface area contributed by atoms with Gasteiger partial charge in [0.15, 0.2) is 0 Å². The van der Waals surface area contributed by atoms with Gasteiger partial charge in [-0.2, -0.15) is 5.26 Å². The monoisotopic (exact) mass is 163 g/mol. The smallest absolute Gasteiger partial charge is 0.0948 e. The first-order valence-corrected chi connectivity index (χ1v) is 4.71. The minimum absolute atomic E-state index is 0.101. The molecule has 2 heteroatoms. The van der Waals surface area contributed by atoms with Gasteiger partial charge in [0, 0.05) is 5.92 Å². The predicted molar refractivity (Wildman–Crippen MR) is 43.2 cm³/mol. The minimum atomic E-state index is -0.101. The first kappa shape index (κ1) is 6.91. The first-order valence-electron chi connectivity index (χ1n) is 4.71. The molecule has 0 spiro atoms. The third-order valence-corrected chi connectivity index (χ3v) is 4.37. The van der Waals surface area contributed by atoms with Gasteiger partial charge in [-0.1, -0.05) is 13.8 Å². The molecule has 0 radical (unpaired) electrons. The van der Waals surface area contributed by atoms with Crippen molar-refractivity contribution < 1.29 is 4.74 Å². The van der Waals surface area contributed by atoms with Gasteiger partial charge in [0.25, 0.3) is 0 Å². The molecule has 3 rings (SSSR count). The number of nitriles is 1. The molecule has 0 aromatic heterocycles. The van der Waals surface area contributed by atoms with Gasteiger partial charge in [-0.3, -0.25) is 0 Å². The fourth-order valence-electron chi connectivity index (χ4n) is 3.74. The number of hydrogen-bond donors (Lipinski definition) is 0. The number of rotatable bonds is 0. The van der Waals surface area contributed by atoms with Gasteiger partial charge in [-0.05, 0) is 18.3 Å². The molecule has 4 atom stereocenters. The Hall–Kier alpha value is -0.550. The van der Waals surface area contributed by atoms with Crippen molar-refractivity contribution in [3.63, 3.8) is 0 Å². The van der Waals surface area contributed by atoms with Crippen molar-refractivity contribution >= 4 is 0 Å². The molecule has 0 amide bonds. The average Bonchev–Trinajstić information content (AvgIpc) is 2.43. The topological polar surface area (TPSA) is 33.0 Å². The van der Waals surface area contributed by atoms with Crippen LogP contribution in [0.5, 0.6) is 0 Å². The fourth-order valence-corrected chi connectivity index (χ4v) is 3.74. The van der Waals surface area contributed by atoms with Crippen LogP contribution in [-0.2, 0) is 4.74 Å². The zero-order valence-electron chi connectivity index (χ0n) is 7.50. The summed E-state index contributed by atoms with van der Waals surface area (Å²) in [5.74, 6) is 0.536. The van der Waals surface area contributed by atoms with Gasteiger partial charge in [0.2, 0.25) is 0 Å². The standard InChI is InChI=1S/C10H13NO/c1-9(2)8-6-3-4-7(12-6)10(8,9)5-11/h6-8H,3-4H2,1-2H3. The zero-order valence-corrected chi connectivity index (χ0v) is 7.50. The molecule has 2 saturated heterocycles. The molecule has 1 aliphatic carbocycles. The van der Waals surface area contributed by atoms with Crippen LogP contribution in [0.15, 0.2) is 0 Å². The second kappa shape index (κ2) is 1.56. The van der Waals surface area contributed by atoms with Gasteiger partial charge in [-0.25, -0.2) is 0 Å². The molecule has 2 nitrogen and oxygen atoms in total. The van der Waals surface area contributed by atoms with Crippen molar-refractivity contribution in [1.82, 2.24) is 0 Å². The third-order valence-electron chi connectivity index (χ3n) is 4.37. The van der Waals surface area contributed by atoms with Gasteiger partial charge in [0.1, 0.15) is 0 Å². The molecule has 4 unspecified atom stereocenters. The number of nitrogens with zero attached hydrogens (tertiary/aromatic N) is 1. The lowest BCUT2D eigenvalue weighted by Crippen LogP contribution is -2.22. The summed E-state index contributed by atoms with van der Waals surface area (Å²) in [5.41, 5.74) is 0.127. The highest BCUT2D eigenvalue weighted by atomic mass is 16.5. The van der Waals surface area contributed by atoms with Crippen LogP contribution in [0, 0.1) is 28.1 Å². The molecular weight excluding hydrogens is 150 g/mol. The molecule has 2 heterocycles. The molecule has 0 N–H and O–H groups in total. The Labute approximate surface area is 72.5 Å². The molecule has 2 aliphatic heterocycles. The van der Waals surface area contributed by atoms with E-state index in [2.05, 4.69) is 19.9 Å². The van der Waals surface area contributed by atoms with Crippen molar-refractivity contribution in [2.24, 2.45) is 16.7 Å². The quantitative estimate of drug-likeness (QED) is 0.544. The van der Waals surface area contributed by atoms with Crippen LogP contribution in [0.2, 0.25) is 0 Å². The summed E-state index contributed by atoms with van der Waals surface area (Å²) in [5, 5.41) is 9.19. The van der Waals surface area contributed by atoms with E-state index in [-0.39, 0.29) is 16.9 Å². The lowest BCUT2D eigenvalue weighted by atomic mass is 9.87. The number of ether oxygens (including phenoxy) is 1. The second-order valence-corrected chi connectivity index (χ2v) is 4.92. The summed E-state index contributed by atoms with van der Waals surface area (Å²) in [7, 11) is 0. The van der Waals surface area contributed by atoms with Gasteiger partial charge in [-0.15, -0.1) is 0 Å². The molecule has 0 aromatic rings. The van der Waals surface area contributed by atoms with Crippen LogP contribution < -0.4 is 0 Å². The molecule has 64 valence electrons. The second-order valence-electron chi connectivity index (χ2n) is 4.92. The van der Waals surface area contributed by atoms with Crippen molar-refractivity contribution in [3.05, 3.63) is 0 Å². The van der Waals surface area contributed by atoms with E-state index in [1.165, 1.54) is 6.42 Å². The highest BCUT2D eigenvalue weighted by Gasteiger charge is 2.83. The van der Waals surface area contributed by atoms with E-state index < -0.39 is 0 Å². The van der Waals surface area contributed by atoms with E-state index in [9.17, 15) is 5.26 Å². The largest absolute Gasteiger partial charge is 0.373 e. The van der Waals surface area contributed by atoms with Crippen LogP contribution in [0.25, 0.3) is 0 Å². The summed E-state index contributed by atoms with van der Waals surface area (Å²) >= 11 is 0. The molecule has 3 fully saturated rings. The molecular formula is C10H13NO. The molecule has 0 aromatic carbocycles. The van der Waals surface area contributed by atoms with Crippen molar-refractivity contribution in [2.45, 2.75) is 38.9 Å². The molecule has 3 aliphatic rings. The highest BCUT2D eigenvalue weighted by Crippen LogP contribution is 2.79. The Balaban J connectivity index is 2.10. The normalized spacial score (nSPS) is 57.9. The van der Waals surface area contributed by atoms with E-state index in [1.807, 2.05) is 0 Å². The van der Waals surface area contributed by atoms with Crippen molar-refractivity contribution in [1.29, 1.82) is 5.26 Å². The van der Waals surface area contributed by atoms with E-state index in [0.717, 1.165) is 6.42 Å². The minimum Gasteiger partial charge on any atom is -0.373 e. The van der Waals surface area contributed by atoms with E-state index in [0.29, 0.717) is 12.0 Å². The lowest BCUT2D eigenvalue weighted by molar-refractivity contribution is 0.0352. The summed E-state index contributed by atoms with van der Waals surface area (Å²) in [6.07, 6.45) is 2.96. The van der Waals surface area contributed by atoms with Gasteiger partial charge >= 0.3 is 0 Å².